The Balaban J connectivity index is 1.93. The number of amides is 1. The molecular formula is C14H12ClN5O. The van der Waals surface area contributed by atoms with Crippen molar-refractivity contribution >= 4 is 34.1 Å². The van der Waals surface area contributed by atoms with E-state index in [0.717, 1.165) is 27.8 Å². The fourth-order valence-corrected chi connectivity index (χ4v) is 3.17. The van der Waals surface area contributed by atoms with Crippen LogP contribution in [0.5, 0.6) is 0 Å². The first-order valence-electron chi connectivity index (χ1n) is 6.58. The van der Waals surface area contributed by atoms with Crippen LogP contribution >= 0.6 is 11.6 Å². The molecule has 1 aliphatic heterocycles. The van der Waals surface area contributed by atoms with Gasteiger partial charge in [-0.15, -0.1) is 0 Å². The predicted molar refractivity (Wildman–Crippen MR) is 79.4 cm³/mol. The molecule has 7 heteroatoms. The minimum atomic E-state index is -0.137. The summed E-state index contributed by atoms with van der Waals surface area (Å²) in [6.45, 7) is 0. The van der Waals surface area contributed by atoms with E-state index in [2.05, 4.69) is 20.6 Å². The van der Waals surface area contributed by atoms with E-state index in [1.54, 1.807) is 17.1 Å². The molecule has 2 aromatic heterocycles. The number of H-pyrrole nitrogens is 1. The molecule has 2 N–H and O–H groups in total. The number of hydrogen-bond acceptors (Lipinski definition) is 3. The van der Waals surface area contributed by atoms with Crippen molar-refractivity contribution in [3.05, 3.63) is 40.8 Å². The molecule has 0 saturated heterocycles. The standard InChI is InChI=1S/C14H12ClN5O/c1-20-6-10(15)14(19-20)9-3-13(21)17-12-4-11-7(2-8(9)12)5-16-18-11/h2,4-6,9H,3H2,1H3,(H,16,18)(H,17,21). The number of nitrogens with one attached hydrogen (secondary N) is 2. The molecule has 1 aliphatic rings. The highest BCUT2D eigenvalue weighted by Crippen LogP contribution is 2.40. The maximum atomic E-state index is 12.0. The van der Waals surface area contributed by atoms with Crippen LogP contribution in [-0.4, -0.2) is 25.9 Å². The molecule has 1 amide bonds. The average molecular weight is 302 g/mol. The molecule has 4 rings (SSSR count). The number of nitrogens with zero attached hydrogens (tertiary/aromatic N) is 3. The SMILES string of the molecule is Cn1cc(Cl)c(C2CC(=O)Nc3cc4[nH]ncc4cc32)n1. The van der Waals surface area contributed by atoms with Gasteiger partial charge in [-0.05, 0) is 17.7 Å². The Morgan fingerprint density at radius 3 is 3.05 bits per heavy atom. The number of carbonyl (C=O) groups is 1. The van der Waals surface area contributed by atoms with Gasteiger partial charge in [0.15, 0.2) is 0 Å². The van der Waals surface area contributed by atoms with Gasteiger partial charge in [0.05, 0.1) is 22.4 Å². The molecule has 1 atom stereocenters. The summed E-state index contributed by atoms with van der Waals surface area (Å²) in [5, 5.41) is 15.8. The van der Waals surface area contributed by atoms with E-state index in [-0.39, 0.29) is 11.8 Å². The lowest BCUT2D eigenvalue weighted by Crippen LogP contribution is -2.24. The summed E-state index contributed by atoms with van der Waals surface area (Å²) in [4.78, 5) is 12.0. The van der Waals surface area contributed by atoms with Crippen molar-refractivity contribution in [2.24, 2.45) is 7.05 Å². The van der Waals surface area contributed by atoms with Gasteiger partial charge in [0.2, 0.25) is 5.91 Å². The smallest absolute Gasteiger partial charge is 0.225 e. The van der Waals surface area contributed by atoms with Crippen LogP contribution in [-0.2, 0) is 11.8 Å². The number of anilines is 1. The van der Waals surface area contributed by atoms with Crippen molar-refractivity contribution in [3.63, 3.8) is 0 Å². The van der Waals surface area contributed by atoms with Gasteiger partial charge in [-0.25, -0.2) is 0 Å². The third-order valence-electron chi connectivity index (χ3n) is 3.79. The Bertz CT molecular complexity index is 866. The predicted octanol–water partition coefficient (Wildman–Crippen LogP) is 2.42. The van der Waals surface area contributed by atoms with Gasteiger partial charge in [0.1, 0.15) is 0 Å². The number of carbonyl (C=O) groups excluding carboxylic acids is 1. The minimum Gasteiger partial charge on any atom is -0.326 e. The van der Waals surface area contributed by atoms with Crippen LogP contribution in [0.3, 0.4) is 0 Å². The maximum absolute atomic E-state index is 12.0. The van der Waals surface area contributed by atoms with Crippen molar-refractivity contribution in [3.8, 4) is 0 Å². The normalized spacial score (nSPS) is 17.8. The molecule has 0 radical (unpaired) electrons. The quantitative estimate of drug-likeness (QED) is 0.725. The number of hydrogen-bond donors (Lipinski definition) is 2. The number of aromatic amines is 1. The van der Waals surface area contributed by atoms with E-state index in [4.69, 9.17) is 11.6 Å². The zero-order valence-electron chi connectivity index (χ0n) is 11.2. The van der Waals surface area contributed by atoms with E-state index in [9.17, 15) is 4.79 Å². The van der Waals surface area contributed by atoms with E-state index in [1.165, 1.54) is 0 Å². The highest BCUT2D eigenvalue weighted by atomic mass is 35.5. The second-order valence-electron chi connectivity index (χ2n) is 5.24. The molecule has 1 unspecified atom stereocenters. The van der Waals surface area contributed by atoms with Crippen LogP contribution in [0.4, 0.5) is 5.69 Å². The lowest BCUT2D eigenvalue weighted by atomic mass is 9.87. The first-order valence-corrected chi connectivity index (χ1v) is 6.95. The number of rotatable bonds is 1. The highest BCUT2D eigenvalue weighted by Gasteiger charge is 2.30. The molecule has 0 saturated carbocycles. The van der Waals surface area contributed by atoms with Crippen molar-refractivity contribution in [1.82, 2.24) is 20.0 Å². The monoisotopic (exact) mass is 301 g/mol. The van der Waals surface area contributed by atoms with Gasteiger partial charge in [0, 0.05) is 36.7 Å². The Labute approximate surface area is 125 Å². The summed E-state index contributed by atoms with van der Waals surface area (Å²) in [7, 11) is 1.82. The number of benzene rings is 1. The van der Waals surface area contributed by atoms with Crippen LogP contribution in [0, 0.1) is 0 Å². The van der Waals surface area contributed by atoms with E-state index in [0.29, 0.717) is 11.4 Å². The minimum absolute atomic E-state index is 0.0342. The van der Waals surface area contributed by atoms with Gasteiger partial charge in [0.25, 0.3) is 0 Å². The van der Waals surface area contributed by atoms with Crippen molar-refractivity contribution in [2.45, 2.75) is 12.3 Å². The molecule has 3 heterocycles. The van der Waals surface area contributed by atoms with Crippen LogP contribution < -0.4 is 5.32 Å². The van der Waals surface area contributed by atoms with Crippen molar-refractivity contribution < 1.29 is 4.79 Å². The highest BCUT2D eigenvalue weighted by molar-refractivity contribution is 6.31. The molecule has 0 spiro atoms. The van der Waals surface area contributed by atoms with Crippen molar-refractivity contribution in [2.75, 3.05) is 5.32 Å². The molecule has 3 aromatic rings. The third-order valence-corrected chi connectivity index (χ3v) is 4.08. The van der Waals surface area contributed by atoms with Crippen LogP contribution in [0.15, 0.2) is 24.5 Å². The topological polar surface area (TPSA) is 75.6 Å². The van der Waals surface area contributed by atoms with Gasteiger partial charge in [-0.3, -0.25) is 14.6 Å². The van der Waals surface area contributed by atoms with Crippen molar-refractivity contribution in [1.29, 1.82) is 0 Å². The molecule has 1 aromatic carbocycles. The Morgan fingerprint density at radius 1 is 1.43 bits per heavy atom. The fourth-order valence-electron chi connectivity index (χ4n) is 2.86. The average Bonchev–Trinajstić information content (AvgIpc) is 3.01. The summed E-state index contributed by atoms with van der Waals surface area (Å²) in [6.07, 6.45) is 3.86. The second kappa shape index (κ2) is 4.33. The zero-order chi connectivity index (χ0) is 14.6. The summed E-state index contributed by atoms with van der Waals surface area (Å²) in [5.74, 6) is -0.171. The zero-order valence-corrected chi connectivity index (χ0v) is 12.0. The van der Waals surface area contributed by atoms with E-state index in [1.807, 2.05) is 19.2 Å². The van der Waals surface area contributed by atoms with Gasteiger partial charge in [-0.1, -0.05) is 11.6 Å². The lowest BCUT2D eigenvalue weighted by molar-refractivity contribution is -0.116. The molecule has 21 heavy (non-hydrogen) atoms. The molecule has 0 bridgehead atoms. The number of fused-ring (bicyclic) bond motifs is 2. The Morgan fingerprint density at radius 2 is 2.29 bits per heavy atom. The maximum Gasteiger partial charge on any atom is 0.225 e. The molecule has 106 valence electrons. The van der Waals surface area contributed by atoms with Gasteiger partial charge < -0.3 is 5.32 Å². The molecule has 0 aliphatic carbocycles. The van der Waals surface area contributed by atoms with Crippen LogP contribution in [0.25, 0.3) is 10.9 Å². The van der Waals surface area contributed by atoms with Crippen LogP contribution in [0.1, 0.15) is 23.6 Å². The van der Waals surface area contributed by atoms with Gasteiger partial charge in [-0.2, -0.15) is 10.2 Å². The number of halogens is 1. The number of aromatic nitrogens is 4. The first kappa shape index (κ1) is 12.4. The van der Waals surface area contributed by atoms with E-state index < -0.39 is 0 Å². The number of aryl methyl sites for hydroxylation is 1. The van der Waals surface area contributed by atoms with E-state index >= 15 is 0 Å². The molecule has 6 nitrogen and oxygen atoms in total. The van der Waals surface area contributed by atoms with Gasteiger partial charge >= 0.3 is 0 Å². The molecular weight excluding hydrogens is 290 g/mol. The summed E-state index contributed by atoms with van der Waals surface area (Å²) >= 11 is 6.26. The molecule has 0 fully saturated rings. The Kier molecular flexibility index (Phi) is 2.56. The second-order valence-corrected chi connectivity index (χ2v) is 5.64. The summed E-state index contributed by atoms with van der Waals surface area (Å²) in [5.41, 5.74) is 3.43. The third kappa shape index (κ3) is 1.91. The summed E-state index contributed by atoms with van der Waals surface area (Å²) < 4.78 is 1.67. The fraction of sp³-hybridized carbons (Fsp3) is 0.214. The first-order chi connectivity index (χ1) is 10.1. The largest absolute Gasteiger partial charge is 0.326 e. The van der Waals surface area contributed by atoms with Crippen LogP contribution in [0.2, 0.25) is 5.02 Å². The summed E-state index contributed by atoms with van der Waals surface area (Å²) in [6, 6.07) is 3.93. The lowest BCUT2D eigenvalue weighted by Gasteiger charge is -2.24. The Hall–Kier alpha value is -2.34.